The third-order valence-electron chi connectivity index (χ3n) is 1.86. The van der Waals surface area contributed by atoms with E-state index in [1.807, 2.05) is 0 Å². The van der Waals surface area contributed by atoms with E-state index in [-0.39, 0.29) is 10.7 Å². The van der Waals surface area contributed by atoms with Crippen molar-refractivity contribution in [1.82, 2.24) is 15.1 Å². The first kappa shape index (κ1) is 15.4. The molecule has 0 amide bonds. The van der Waals surface area contributed by atoms with Gasteiger partial charge in [-0.1, -0.05) is 18.3 Å². The summed E-state index contributed by atoms with van der Waals surface area (Å²) < 4.78 is 0. The standard InChI is InChI=1S/C10H18N4O2S/c1-6-7-11-9(17)8(14(15)16)10(12(2)3)13(4)5/h6H,1,7H2,2-5H3,(H,11,17). The summed E-state index contributed by atoms with van der Waals surface area (Å²) in [5.41, 5.74) is -0.114. The second kappa shape index (κ2) is 6.85. The molecule has 0 heterocycles. The predicted octanol–water partition coefficient (Wildman–Crippen LogP) is 0.658. The lowest BCUT2D eigenvalue weighted by Gasteiger charge is -2.24. The van der Waals surface area contributed by atoms with Crippen molar-refractivity contribution in [2.24, 2.45) is 0 Å². The van der Waals surface area contributed by atoms with E-state index in [0.717, 1.165) is 0 Å². The Morgan fingerprint density at radius 2 is 1.88 bits per heavy atom. The van der Waals surface area contributed by atoms with Crippen LogP contribution in [0.2, 0.25) is 0 Å². The average Bonchev–Trinajstić information content (AvgIpc) is 2.20. The van der Waals surface area contributed by atoms with Crippen molar-refractivity contribution in [3.05, 3.63) is 34.3 Å². The topological polar surface area (TPSA) is 61.6 Å². The number of hydrogen-bond donors (Lipinski definition) is 1. The molecule has 0 atom stereocenters. The van der Waals surface area contributed by atoms with E-state index in [1.165, 1.54) is 0 Å². The Balaban J connectivity index is 5.43. The maximum atomic E-state index is 11.1. The molecule has 0 aliphatic carbocycles. The van der Waals surface area contributed by atoms with E-state index in [9.17, 15) is 10.1 Å². The molecule has 0 saturated carbocycles. The van der Waals surface area contributed by atoms with Crippen LogP contribution < -0.4 is 5.32 Å². The Morgan fingerprint density at radius 1 is 1.41 bits per heavy atom. The summed E-state index contributed by atoms with van der Waals surface area (Å²) in [7, 11) is 6.92. The Morgan fingerprint density at radius 3 is 2.18 bits per heavy atom. The molecule has 0 aliphatic rings. The quantitative estimate of drug-likeness (QED) is 0.248. The minimum atomic E-state index is -0.478. The maximum Gasteiger partial charge on any atom is 0.343 e. The summed E-state index contributed by atoms with van der Waals surface area (Å²) in [6.07, 6.45) is 1.59. The fraction of sp³-hybridized carbons (Fsp3) is 0.500. The molecule has 0 unspecified atom stereocenters. The normalized spacial score (nSPS) is 9.18. The summed E-state index contributed by atoms with van der Waals surface area (Å²) in [6.45, 7) is 3.92. The lowest BCUT2D eigenvalue weighted by molar-refractivity contribution is -0.418. The lowest BCUT2D eigenvalue weighted by atomic mass is 10.3. The molecule has 0 saturated heterocycles. The minimum Gasteiger partial charge on any atom is -0.367 e. The summed E-state index contributed by atoms with van der Waals surface area (Å²) in [5, 5.41) is 13.9. The molecule has 7 heteroatoms. The number of thiocarbonyl (C=S) groups is 1. The van der Waals surface area contributed by atoms with E-state index in [4.69, 9.17) is 12.2 Å². The van der Waals surface area contributed by atoms with Crippen LogP contribution in [0.25, 0.3) is 0 Å². The van der Waals surface area contributed by atoms with E-state index in [0.29, 0.717) is 12.4 Å². The van der Waals surface area contributed by atoms with Crippen LogP contribution in [0.4, 0.5) is 0 Å². The molecule has 0 rings (SSSR count). The Kier molecular flexibility index (Phi) is 6.19. The first-order valence-electron chi connectivity index (χ1n) is 4.95. The van der Waals surface area contributed by atoms with Crippen molar-refractivity contribution >= 4 is 17.2 Å². The number of nitrogens with one attached hydrogen (secondary N) is 1. The number of nitro groups is 1. The van der Waals surface area contributed by atoms with Crippen molar-refractivity contribution in [2.45, 2.75) is 0 Å². The lowest BCUT2D eigenvalue weighted by Crippen LogP contribution is -2.35. The minimum absolute atomic E-state index is 0.104. The summed E-state index contributed by atoms with van der Waals surface area (Å²) in [6, 6.07) is 0. The summed E-state index contributed by atoms with van der Waals surface area (Å²) in [5.74, 6) is 0.441. The molecule has 17 heavy (non-hydrogen) atoms. The summed E-state index contributed by atoms with van der Waals surface area (Å²) in [4.78, 5) is 14.0. The molecule has 0 bridgehead atoms. The molecule has 0 fully saturated rings. The molecule has 6 nitrogen and oxygen atoms in total. The molecule has 96 valence electrons. The molecule has 0 aliphatic heterocycles. The molecular weight excluding hydrogens is 240 g/mol. The molecule has 0 aromatic carbocycles. The van der Waals surface area contributed by atoms with Crippen LogP contribution in [-0.2, 0) is 0 Å². The van der Waals surface area contributed by atoms with E-state index < -0.39 is 4.92 Å². The molecule has 1 N–H and O–H groups in total. The fourth-order valence-corrected chi connectivity index (χ4v) is 1.59. The van der Waals surface area contributed by atoms with Gasteiger partial charge in [0.2, 0.25) is 0 Å². The zero-order chi connectivity index (χ0) is 13.6. The first-order valence-corrected chi connectivity index (χ1v) is 5.36. The zero-order valence-electron chi connectivity index (χ0n) is 10.6. The van der Waals surface area contributed by atoms with Crippen molar-refractivity contribution in [2.75, 3.05) is 34.7 Å². The van der Waals surface area contributed by atoms with Gasteiger partial charge in [-0.15, -0.1) is 6.58 Å². The van der Waals surface area contributed by atoms with Gasteiger partial charge in [0.15, 0.2) is 10.8 Å². The van der Waals surface area contributed by atoms with Gasteiger partial charge in [0.05, 0.1) is 4.92 Å². The number of rotatable bonds is 6. The SMILES string of the molecule is C=CCNC(=S)C(=C(N(C)C)N(C)C)[N+](=O)[O-]. The van der Waals surface area contributed by atoms with Gasteiger partial charge >= 0.3 is 5.70 Å². The van der Waals surface area contributed by atoms with E-state index in [1.54, 1.807) is 44.1 Å². The van der Waals surface area contributed by atoms with Crippen molar-refractivity contribution in [3.63, 3.8) is 0 Å². The van der Waals surface area contributed by atoms with Gasteiger partial charge in [0.25, 0.3) is 0 Å². The second-order valence-electron chi connectivity index (χ2n) is 3.72. The van der Waals surface area contributed by atoms with Crippen LogP contribution in [0.3, 0.4) is 0 Å². The zero-order valence-corrected chi connectivity index (χ0v) is 11.4. The molecular formula is C10H18N4O2S. The largest absolute Gasteiger partial charge is 0.367 e. The smallest absolute Gasteiger partial charge is 0.343 e. The predicted molar refractivity (Wildman–Crippen MR) is 72.2 cm³/mol. The monoisotopic (exact) mass is 258 g/mol. The van der Waals surface area contributed by atoms with Crippen LogP contribution in [0.5, 0.6) is 0 Å². The molecule has 0 spiro atoms. The van der Waals surface area contributed by atoms with Gasteiger partial charge < -0.3 is 15.1 Å². The van der Waals surface area contributed by atoms with Gasteiger partial charge in [0, 0.05) is 34.7 Å². The highest BCUT2D eigenvalue weighted by Crippen LogP contribution is 2.12. The van der Waals surface area contributed by atoms with Gasteiger partial charge in [-0.25, -0.2) is 0 Å². The van der Waals surface area contributed by atoms with Gasteiger partial charge in [0.1, 0.15) is 0 Å². The van der Waals surface area contributed by atoms with Crippen molar-refractivity contribution < 1.29 is 4.92 Å². The number of hydrogen-bond acceptors (Lipinski definition) is 5. The summed E-state index contributed by atoms with van der Waals surface area (Å²) >= 11 is 5.02. The Bertz CT molecular complexity index is 340. The van der Waals surface area contributed by atoms with Gasteiger partial charge in [-0.05, 0) is 0 Å². The molecule has 0 aromatic rings. The highest BCUT2D eigenvalue weighted by molar-refractivity contribution is 7.80. The third kappa shape index (κ3) is 4.39. The van der Waals surface area contributed by atoms with E-state index in [2.05, 4.69) is 11.9 Å². The van der Waals surface area contributed by atoms with Crippen LogP contribution in [0, 0.1) is 10.1 Å². The second-order valence-corrected chi connectivity index (χ2v) is 4.13. The number of nitrogens with zero attached hydrogens (tertiary/aromatic N) is 3. The molecule has 0 radical (unpaired) electrons. The van der Waals surface area contributed by atoms with Crippen LogP contribution in [-0.4, -0.2) is 54.4 Å². The van der Waals surface area contributed by atoms with Crippen LogP contribution in [0.15, 0.2) is 24.2 Å². The maximum absolute atomic E-state index is 11.1. The first-order chi connectivity index (χ1) is 7.82. The van der Waals surface area contributed by atoms with Gasteiger partial charge in [-0.3, -0.25) is 10.1 Å². The van der Waals surface area contributed by atoms with Crippen LogP contribution >= 0.6 is 12.2 Å². The van der Waals surface area contributed by atoms with Crippen molar-refractivity contribution in [3.8, 4) is 0 Å². The molecule has 0 aromatic heterocycles. The van der Waals surface area contributed by atoms with Crippen molar-refractivity contribution in [1.29, 1.82) is 0 Å². The average molecular weight is 258 g/mol. The Labute approximate surface area is 107 Å². The highest BCUT2D eigenvalue weighted by Gasteiger charge is 2.26. The Hall–Kier alpha value is -1.63. The highest BCUT2D eigenvalue weighted by atomic mass is 32.1. The third-order valence-corrected chi connectivity index (χ3v) is 2.20. The fourth-order valence-electron chi connectivity index (χ4n) is 1.34. The van der Waals surface area contributed by atoms with Crippen LogP contribution in [0.1, 0.15) is 0 Å². The van der Waals surface area contributed by atoms with E-state index >= 15 is 0 Å². The van der Waals surface area contributed by atoms with Gasteiger partial charge in [-0.2, -0.15) is 0 Å².